The first-order valence-corrected chi connectivity index (χ1v) is 6.29. The molecule has 18 heavy (non-hydrogen) atoms. The lowest BCUT2D eigenvalue weighted by Crippen LogP contribution is -2.40. The number of nitrogens with zero attached hydrogens (tertiary/aromatic N) is 1. The normalized spacial score (nSPS) is 21.2. The Bertz CT molecular complexity index is 434. The van der Waals surface area contributed by atoms with Crippen LogP contribution in [0.15, 0.2) is 18.2 Å². The standard InChI is InChI=1S/C14H19F2NO/c1-14(2)7-4-8-17(14)9-12(18)10-5-3-6-11(15)13(10)16/h3,5-6,12,18H,4,7-9H2,1-2H3. The fourth-order valence-corrected chi connectivity index (χ4v) is 2.59. The average molecular weight is 255 g/mol. The van der Waals surface area contributed by atoms with Crippen LogP contribution in [0.4, 0.5) is 8.78 Å². The highest BCUT2D eigenvalue weighted by atomic mass is 19.2. The monoisotopic (exact) mass is 255 g/mol. The molecule has 2 rings (SSSR count). The summed E-state index contributed by atoms with van der Waals surface area (Å²) in [5.74, 6) is -1.85. The maximum absolute atomic E-state index is 13.6. The Morgan fingerprint density at radius 1 is 1.39 bits per heavy atom. The van der Waals surface area contributed by atoms with Crippen molar-refractivity contribution in [1.29, 1.82) is 0 Å². The Kier molecular flexibility index (Phi) is 3.69. The lowest BCUT2D eigenvalue weighted by Gasteiger charge is -2.33. The molecule has 1 aromatic rings. The molecule has 0 saturated carbocycles. The smallest absolute Gasteiger partial charge is 0.164 e. The summed E-state index contributed by atoms with van der Waals surface area (Å²) in [5, 5.41) is 10.1. The molecular formula is C14H19F2NO. The molecule has 1 aromatic carbocycles. The number of benzene rings is 1. The molecule has 0 aliphatic carbocycles. The van der Waals surface area contributed by atoms with Crippen molar-refractivity contribution in [1.82, 2.24) is 4.90 Å². The van der Waals surface area contributed by atoms with E-state index in [4.69, 9.17) is 0 Å². The Balaban J connectivity index is 2.12. The van der Waals surface area contributed by atoms with Crippen molar-refractivity contribution in [3.63, 3.8) is 0 Å². The second-order valence-electron chi connectivity index (χ2n) is 5.52. The van der Waals surface area contributed by atoms with Crippen LogP contribution in [0.25, 0.3) is 0 Å². The summed E-state index contributed by atoms with van der Waals surface area (Å²) in [7, 11) is 0. The average Bonchev–Trinajstić information content (AvgIpc) is 2.62. The molecule has 1 saturated heterocycles. The molecule has 0 bridgehead atoms. The van der Waals surface area contributed by atoms with Crippen LogP contribution in [-0.4, -0.2) is 28.6 Å². The molecule has 1 aliphatic heterocycles. The van der Waals surface area contributed by atoms with Crippen LogP contribution >= 0.6 is 0 Å². The van der Waals surface area contributed by atoms with E-state index in [2.05, 4.69) is 18.7 Å². The molecule has 100 valence electrons. The van der Waals surface area contributed by atoms with Gasteiger partial charge in [-0.15, -0.1) is 0 Å². The zero-order chi connectivity index (χ0) is 13.3. The topological polar surface area (TPSA) is 23.5 Å². The summed E-state index contributed by atoms with van der Waals surface area (Å²) in [6.45, 7) is 5.44. The van der Waals surface area contributed by atoms with E-state index in [1.165, 1.54) is 12.1 Å². The molecule has 0 radical (unpaired) electrons. The van der Waals surface area contributed by atoms with Crippen molar-refractivity contribution in [3.8, 4) is 0 Å². The number of aliphatic hydroxyl groups excluding tert-OH is 1. The molecule has 1 aliphatic rings. The second-order valence-corrected chi connectivity index (χ2v) is 5.52. The molecule has 1 atom stereocenters. The van der Waals surface area contributed by atoms with E-state index in [9.17, 15) is 13.9 Å². The van der Waals surface area contributed by atoms with Gasteiger partial charge in [-0.25, -0.2) is 8.78 Å². The van der Waals surface area contributed by atoms with Gasteiger partial charge in [0.2, 0.25) is 0 Å². The number of hydrogen-bond donors (Lipinski definition) is 1. The van der Waals surface area contributed by atoms with Crippen LogP contribution in [0.3, 0.4) is 0 Å². The Labute approximate surface area is 106 Å². The van der Waals surface area contributed by atoms with Crippen LogP contribution in [-0.2, 0) is 0 Å². The van der Waals surface area contributed by atoms with Gasteiger partial charge in [0.1, 0.15) is 0 Å². The van der Waals surface area contributed by atoms with E-state index in [1.54, 1.807) is 0 Å². The van der Waals surface area contributed by atoms with Gasteiger partial charge < -0.3 is 5.11 Å². The van der Waals surface area contributed by atoms with Gasteiger partial charge in [-0.05, 0) is 39.3 Å². The first kappa shape index (κ1) is 13.4. The molecule has 1 fully saturated rings. The number of rotatable bonds is 3. The summed E-state index contributed by atoms with van der Waals surface area (Å²) in [5.41, 5.74) is 0.0582. The lowest BCUT2D eigenvalue weighted by molar-refractivity contribution is 0.0753. The number of halogens is 2. The predicted octanol–water partition coefficient (Wildman–Crippen LogP) is 2.87. The molecule has 4 heteroatoms. The van der Waals surface area contributed by atoms with E-state index in [0.29, 0.717) is 6.54 Å². The van der Waals surface area contributed by atoms with Crippen molar-refractivity contribution in [2.75, 3.05) is 13.1 Å². The summed E-state index contributed by atoms with van der Waals surface area (Å²) in [4.78, 5) is 2.13. The summed E-state index contributed by atoms with van der Waals surface area (Å²) >= 11 is 0. The van der Waals surface area contributed by atoms with Gasteiger partial charge >= 0.3 is 0 Å². The maximum Gasteiger partial charge on any atom is 0.164 e. The number of aliphatic hydroxyl groups is 1. The molecule has 0 aromatic heterocycles. The highest BCUT2D eigenvalue weighted by molar-refractivity contribution is 5.21. The molecule has 0 amide bonds. The fraction of sp³-hybridized carbons (Fsp3) is 0.571. The molecule has 2 nitrogen and oxygen atoms in total. The third-order valence-corrected chi connectivity index (χ3v) is 3.81. The molecular weight excluding hydrogens is 236 g/mol. The van der Waals surface area contributed by atoms with E-state index in [0.717, 1.165) is 25.5 Å². The van der Waals surface area contributed by atoms with Gasteiger partial charge in [0.15, 0.2) is 11.6 Å². The number of hydrogen-bond acceptors (Lipinski definition) is 2. The van der Waals surface area contributed by atoms with Gasteiger partial charge in [-0.1, -0.05) is 12.1 Å². The van der Waals surface area contributed by atoms with E-state index in [1.807, 2.05) is 0 Å². The second kappa shape index (κ2) is 4.94. The summed E-state index contributed by atoms with van der Waals surface area (Å²) in [6.07, 6.45) is 1.15. The van der Waals surface area contributed by atoms with E-state index < -0.39 is 17.7 Å². The SMILES string of the molecule is CC1(C)CCCN1CC(O)c1cccc(F)c1F. The molecule has 1 unspecified atom stereocenters. The highest BCUT2D eigenvalue weighted by Gasteiger charge is 2.33. The van der Waals surface area contributed by atoms with E-state index in [-0.39, 0.29) is 11.1 Å². The third kappa shape index (κ3) is 2.54. The third-order valence-electron chi connectivity index (χ3n) is 3.81. The predicted molar refractivity (Wildman–Crippen MR) is 66.2 cm³/mol. The summed E-state index contributed by atoms with van der Waals surface area (Å²) < 4.78 is 26.7. The van der Waals surface area contributed by atoms with Crippen molar-refractivity contribution in [2.24, 2.45) is 0 Å². The fourth-order valence-electron chi connectivity index (χ4n) is 2.59. The first-order chi connectivity index (χ1) is 8.42. The van der Waals surface area contributed by atoms with Crippen LogP contribution in [0.1, 0.15) is 38.4 Å². The Morgan fingerprint density at radius 2 is 2.11 bits per heavy atom. The Morgan fingerprint density at radius 3 is 2.72 bits per heavy atom. The minimum Gasteiger partial charge on any atom is -0.387 e. The van der Waals surface area contributed by atoms with Crippen LogP contribution in [0, 0.1) is 11.6 Å². The minimum absolute atomic E-state index is 0.0186. The largest absolute Gasteiger partial charge is 0.387 e. The molecule has 1 N–H and O–H groups in total. The van der Waals surface area contributed by atoms with Crippen molar-refractivity contribution < 1.29 is 13.9 Å². The molecule has 1 heterocycles. The van der Waals surface area contributed by atoms with Crippen LogP contribution in [0.5, 0.6) is 0 Å². The Hall–Kier alpha value is -1.00. The van der Waals surface area contributed by atoms with Gasteiger partial charge in [0, 0.05) is 17.6 Å². The van der Waals surface area contributed by atoms with Gasteiger partial charge in [-0.3, -0.25) is 4.90 Å². The van der Waals surface area contributed by atoms with Crippen molar-refractivity contribution in [2.45, 2.75) is 38.3 Å². The van der Waals surface area contributed by atoms with Gasteiger partial charge in [0.25, 0.3) is 0 Å². The van der Waals surface area contributed by atoms with Gasteiger partial charge in [0.05, 0.1) is 6.10 Å². The first-order valence-electron chi connectivity index (χ1n) is 6.29. The maximum atomic E-state index is 13.6. The van der Waals surface area contributed by atoms with Crippen molar-refractivity contribution >= 4 is 0 Å². The summed E-state index contributed by atoms with van der Waals surface area (Å²) in [6, 6.07) is 3.92. The highest BCUT2D eigenvalue weighted by Crippen LogP contribution is 2.30. The van der Waals surface area contributed by atoms with E-state index >= 15 is 0 Å². The molecule has 0 spiro atoms. The minimum atomic E-state index is -0.988. The zero-order valence-corrected chi connectivity index (χ0v) is 10.8. The lowest BCUT2D eigenvalue weighted by atomic mass is 10.0. The van der Waals surface area contributed by atoms with Crippen LogP contribution < -0.4 is 0 Å². The van der Waals surface area contributed by atoms with Crippen molar-refractivity contribution in [3.05, 3.63) is 35.4 Å². The zero-order valence-electron chi connectivity index (χ0n) is 10.8. The van der Waals surface area contributed by atoms with Gasteiger partial charge in [-0.2, -0.15) is 0 Å². The van der Waals surface area contributed by atoms with Crippen LogP contribution in [0.2, 0.25) is 0 Å². The quantitative estimate of drug-likeness (QED) is 0.897. The number of likely N-dealkylation sites (tertiary alicyclic amines) is 1. The number of β-amino-alcohol motifs (C(OH)–C–C–N with tert-alkyl or cyclic N) is 1.